The SMILES string of the molecule is C[C@@]1(C(=O)NCC(=O)NCC(F)(F)F)Cc2ccccc2C(=O)O1. The van der Waals surface area contributed by atoms with Crippen molar-refractivity contribution in [3.05, 3.63) is 35.4 Å². The third-order valence-electron chi connectivity index (χ3n) is 3.46. The van der Waals surface area contributed by atoms with E-state index in [-0.39, 0.29) is 6.42 Å². The summed E-state index contributed by atoms with van der Waals surface area (Å²) in [4.78, 5) is 35.5. The number of fused-ring (bicyclic) bond motifs is 1. The molecule has 130 valence electrons. The lowest BCUT2D eigenvalue weighted by Gasteiger charge is -2.32. The van der Waals surface area contributed by atoms with Crippen LogP contribution in [0, 0.1) is 0 Å². The van der Waals surface area contributed by atoms with Gasteiger partial charge in [0.1, 0.15) is 6.54 Å². The van der Waals surface area contributed by atoms with Crippen molar-refractivity contribution < 1.29 is 32.3 Å². The van der Waals surface area contributed by atoms with Crippen LogP contribution in [0.2, 0.25) is 0 Å². The van der Waals surface area contributed by atoms with Crippen molar-refractivity contribution in [3.8, 4) is 0 Å². The largest absolute Gasteiger partial charge is 0.445 e. The third kappa shape index (κ3) is 4.24. The Morgan fingerprint density at radius 1 is 1.25 bits per heavy atom. The Labute approximate surface area is 135 Å². The van der Waals surface area contributed by atoms with Gasteiger partial charge in [0.25, 0.3) is 5.91 Å². The molecule has 2 amide bonds. The first-order chi connectivity index (χ1) is 11.1. The number of carbonyl (C=O) groups is 3. The average molecular weight is 344 g/mol. The maximum atomic E-state index is 12.2. The highest BCUT2D eigenvalue weighted by Crippen LogP contribution is 2.28. The molecule has 2 N–H and O–H groups in total. The Morgan fingerprint density at radius 3 is 2.58 bits per heavy atom. The van der Waals surface area contributed by atoms with E-state index in [9.17, 15) is 27.6 Å². The molecule has 9 heteroatoms. The maximum Gasteiger partial charge on any atom is 0.405 e. The first kappa shape index (κ1) is 17.8. The number of alkyl halides is 3. The molecule has 0 aliphatic carbocycles. The number of esters is 1. The van der Waals surface area contributed by atoms with E-state index in [0.29, 0.717) is 11.1 Å². The number of carbonyl (C=O) groups excluding carboxylic acids is 3. The zero-order chi connectivity index (χ0) is 18.0. The summed E-state index contributed by atoms with van der Waals surface area (Å²) in [6.45, 7) is -0.755. The van der Waals surface area contributed by atoms with Gasteiger partial charge in [-0.1, -0.05) is 18.2 Å². The van der Waals surface area contributed by atoms with Crippen molar-refractivity contribution in [1.29, 1.82) is 0 Å². The minimum Gasteiger partial charge on any atom is -0.445 e. The van der Waals surface area contributed by atoms with Crippen LogP contribution >= 0.6 is 0 Å². The summed E-state index contributed by atoms with van der Waals surface area (Å²) in [5.41, 5.74) is -0.561. The number of hydrogen-bond donors (Lipinski definition) is 2. The number of cyclic esters (lactones) is 1. The second-order valence-corrected chi connectivity index (χ2v) is 5.53. The third-order valence-corrected chi connectivity index (χ3v) is 3.46. The molecule has 2 rings (SSSR count). The molecule has 24 heavy (non-hydrogen) atoms. The summed E-state index contributed by atoms with van der Waals surface area (Å²) in [6.07, 6.45) is -4.43. The van der Waals surface area contributed by atoms with E-state index in [1.807, 2.05) is 0 Å². The summed E-state index contributed by atoms with van der Waals surface area (Å²) in [5.74, 6) is -2.42. The Morgan fingerprint density at radius 2 is 1.92 bits per heavy atom. The molecule has 0 unspecified atom stereocenters. The number of ether oxygens (including phenoxy) is 1. The van der Waals surface area contributed by atoms with Gasteiger partial charge in [0, 0.05) is 6.42 Å². The zero-order valence-electron chi connectivity index (χ0n) is 12.7. The average Bonchev–Trinajstić information content (AvgIpc) is 2.49. The number of benzene rings is 1. The van der Waals surface area contributed by atoms with Crippen molar-refractivity contribution in [2.45, 2.75) is 25.1 Å². The van der Waals surface area contributed by atoms with E-state index in [4.69, 9.17) is 4.74 Å². The number of rotatable bonds is 4. The number of halogens is 3. The lowest BCUT2D eigenvalue weighted by Crippen LogP contribution is -2.53. The van der Waals surface area contributed by atoms with Crippen molar-refractivity contribution in [1.82, 2.24) is 10.6 Å². The predicted molar refractivity (Wildman–Crippen MR) is 76.0 cm³/mol. The molecule has 1 heterocycles. The number of hydrogen-bond acceptors (Lipinski definition) is 4. The normalized spacial score (nSPS) is 19.9. The van der Waals surface area contributed by atoms with Crippen LogP contribution in [-0.4, -0.2) is 42.7 Å². The molecule has 0 aromatic heterocycles. The topological polar surface area (TPSA) is 84.5 Å². The number of nitrogens with one attached hydrogen (secondary N) is 2. The molecular weight excluding hydrogens is 329 g/mol. The lowest BCUT2D eigenvalue weighted by atomic mass is 9.89. The Bertz CT molecular complexity index is 675. The summed E-state index contributed by atoms with van der Waals surface area (Å²) < 4.78 is 41.1. The van der Waals surface area contributed by atoms with Gasteiger partial charge in [0.05, 0.1) is 12.1 Å². The quantitative estimate of drug-likeness (QED) is 0.797. The minimum absolute atomic E-state index is 0.102. The van der Waals surface area contributed by atoms with Crippen LogP contribution < -0.4 is 10.6 Å². The molecule has 0 bridgehead atoms. The van der Waals surface area contributed by atoms with Crippen LogP contribution in [0.3, 0.4) is 0 Å². The van der Waals surface area contributed by atoms with Gasteiger partial charge in [-0.15, -0.1) is 0 Å². The molecule has 1 aliphatic heterocycles. The van der Waals surface area contributed by atoms with E-state index in [1.165, 1.54) is 6.92 Å². The predicted octanol–water partition coefficient (Wildman–Crippen LogP) is 0.953. The van der Waals surface area contributed by atoms with Gasteiger partial charge in [0.15, 0.2) is 5.60 Å². The molecular formula is C15H15F3N2O4. The summed E-state index contributed by atoms with van der Waals surface area (Å²) >= 11 is 0. The minimum atomic E-state index is -4.53. The highest BCUT2D eigenvalue weighted by Gasteiger charge is 2.42. The van der Waals surface area contributed by atoms with Crippen LogP contribution in [0.4, 0.5) is 13.2 Å². The van der Waals surface area contributed by atoms with E-state index in [1.54, 1.807) is 29.6 Å². The van der Waals surface area contributed by atoms with Gasteiger partial charge in [-0.05, 0) is 18.6 Å². The molecule has 0 fully saturated rings. The molecule has 1 aromatic carbocycles. The second-order valence-electron chi connectivity index (χ2n) is 5.53. The van der Waals surface area contributed by atoms with Crippen LogP contribution in [0.5, 0.6) is 0 Å². The monoisotopic (exact) mass is 344 g/mol. The van der Waals surface area contributed by atoms with Crippen LogP contribution in [0.1, 0.15) is 22.8 Å². The van der Waals surface area contributed by atoms with E-state index < -0.39 is 42.7 Å². The van der Waals surface area contributed by atoms with Gasteiger partial charge in [-0.3, -0.25) is 9.59 Å². The van der Waals surface area contributed by atoms with Crippen LogP contribution in [0.25, 0.3) is 0 Å². The first-order valence-corrected chi connectivity index (χ1v) is 7.04. The molecule has 1 aromatic rings. The molecule has 1 aliphatic rings. The molecule has 1 atom stereocenters. The number of amides is 2. The molecule has 0 saturated heterocycles. The fourth-order valence-electron chi connectivity index (χ4n) is 2.27. The van der Waals surface area contributed by atoms with Crippen molar-refractivity contribution in [2.24, 2.45) is 0 Å². The van der Waals surface area contributed by atoms with E-state index in [2.05, 4.69) is 5.32 Å². The zero-order valence-corrected chi connectivity index (χ0v) is 12.7. The van der Waals surface area contributed by atoms with Gasteiger partial charge in [0.2, 0.25) is 5.91 Å². The van der Waals surface area contributed by atoms with Crippen LogP contribution in [0.15, 0.2) is 24.3 Å². The summed E-state index contributed by atoms with van der Waals surface area (Å²) in [6, 6.07) is 6.62. The molecule has 0 spiro atoms. The van der Waals surface area contributed by atoms with Gasteiger partial charge in [-0.25, -0.2) is 4.79 Å². The maximum absolute atomic E-state index is 12.2. The fraction of sp³-hybridized carbons (Fsp3) is 0.400. The van der Waals surface area contributed by atoms with Gasteiger partial charge in [-0.2, -0.15) is 13.2 Å². The highest BCUT2D eigenvalue weighted by atomic mass is 19.4. The first-order valence-electron chi connectivity index (χ1n) is 7.04. The molecule has 0 saturated carbocycles. The van der Waals surface area contributed by atoms with Crippen LogP contribution in [-0.2, 0) is 20.7 Å². The highest BCUT2D eigenvalue weighted by molar-refractivity contribution is 5.98. The summed E-state index contributed by atoms with van der Waals surface area (Å²) in [7, 11) is 0. The van der Waals surface area contributed by atoms with Crippen molar-refractivity contribution in [3.63, 3.8) is 0 Å². The second kappa shape index (κ2) is 6.50. The Balaban J connectivity index is 1.95. The van der Waals surface area contributed by atoms with Gasteiger partial charge < -0.3 is 15.4 Å². The molecule has 6 nitrogen and oxygen atoms in total. The van der Waals surface area contributed by atoms with E-state index in [0.717, 1.165) is 0 Å². The smallest absolute Gasteiger partial charge is 0.405 e. The summed E-state index contributed by atoms with van der Waals surface area (Å²) in [5, 5.41) is 3.82. The fourth-order valence-corrected chi connectivity index (χ4v) is 2.27. The van der Waals surface area contributed by atoms with Crippen molar-refractivity contribution in [2.75, 3.05) is 13.1 Å². The lowest BCUT2D eigenvalue weighted by molar-refractivity contribution is -0.142. The Kier molecular flexibility index (Phi) is 4.81. The van der Waals surface area contributed by atoms with E-state index >= 15 is 0 Å². The van der Waals surface area contributed by atoms with Gasteiger partial charge >= 0.3 is 12.1 Å². The van der Waals surface area contributed by atoms with Crippen molar-refractivity contribution >= 4 is 17.8 Å². The Hall–Kier alpha value is -2.58. The standard InChI is InChI=1S/C15H15F3N2O4/c1-14(6-9-4-2-3-5-10(9)12(22)24-14)13(23)19-7-11(21)20-8-15(16,17)18/h2-5H,6-8H2,1H3,(H,19,23)(H,20,21)/t14-/m0/s1. The molecule has 0 radical (unpaired) electrons.